The van der Waals surface area contributed by atoms with Crippen molar-refractivity contribution in [2.75, 3.05) is 13.2 Å². The third-order valence-corrected chi connectivity index (χ3v) is 4.31. The summed E-state index contributed by atoms with van der Waals surface area (Å²) < 4.78 is 5.84. The van der Waals surface area contributed by atoms with Gasteiger partial charge in [-0.1, -0.05) is 25.7 Å². The van der Waals surface area contributed by atoms with Crippen molar-refractivity contribution >= 4 is 0 Å². The molecule has 0 bridgehead atoms. The topological polar surface area (TPSA) is 59.0 Å². The molecule has 0 aromatic carbocycles. The van der Waals surface area contributed by atoms with Crippen LogP contribution >= 0.6 is 0 Å². The van der Waals surface area contributed by atoms with Crippen LogP contribution < -0.4 is 5.73 Å². The summed E-state index contributed by atoms with van der Waals surface area (Å²) in [4.78, 5) is 0. The fourth-order valence-electron chi connectivity index (χ4n) is 2.76. The summed E-state index contributed by atoms with van der Waals surface area (Å²) in [6.07, 6.45) is 10.2. The summed E-state index contributed by atoms with van der Waals surface area (Å²) in [5.74, 6) is 0. The third kappa shape index (κ3) is 3.69. The maximum absolute atomic E-state index is 8.75. The third-order valence-electron chi connectivity index (χ3n) is 4.31. The predicted octanol–water partition coefficient (Wildman–Crippen LogP) is 2.75. The Labute approximate surface area is 104 Å². The zero-order valence-electron chi connectivity index (χ0n) is 10.7. The van der Waals surface area contributed by atoms with E-state index in [1.54, 1.807) is 0 Å². The Kier molecular flexibility index (Phi) is 4.06. The van der Waals surface area contributed by atoms with Crippen LogP contribution in [0, 0.1) is 16.7 Å². The van der Waals surface area contributed by atoms with E-state index in [-0.39, 0.29) is 11.0 Å². The minimum atomic E-state index is -0.0980. The Balaban J connectivity index is 1.72. The van der Waals surface area contributed by atoms with E-state index >= 15 is 0 Å². The van der Waals surface area contributed by atoms with Crippen LogP contribution in [0.4, 0.5) is 0 Å². The molecule has 0 saturated heterocycles. The smallest absolute Gasteiger partial charge is 0.0646 e. The van der Waals surface area contributed by atoms with Gasteiger partial charge >= 0.3 is 0 Å². The highest BCUT2D eigenvalue weighted by atomic mass is 16.5. The van der Waals surface area contributed by atoms with E-state index in [9.17, 15) is 0 Å². The molecule has 0 amide bonds. The van der Waals surface area contributed by atoms with Crippen LogP contribution in [-0.2, 0) is 4.74 Å². The van der Waals surface area contributed by atoms with Gasteiger partial charge in [-0.25, -0.2) is 0 Å². The molecule has 2 saturated carbocycles. The molecule has 0 aromatic heterocycles. The van der Waals surface area contributed by atoms with Gasteiger partial charge in [-0.3, -0.25) is 0 Å². The van der Waals surface area contributed by atoms with Gasteiger partial charge in [0.05, 0.1) is 19.3 Å². The van der Waals surface area contributed by atoms with Crippen molar-refractivity contribution in [2.24, 2.45) is 11.1 Å². The van der Waals surface area contributed by atoms with Crippen LogP contribution in [0.3, 0.4) is 0 Å². The molecular formula is C14H24N2O. The molecule has 0 atom stereocenters. The minimum absolute atomic E-state index is 0.0980. The lowest BCUT2D eigenvalue weighted by Crippen LogP contribution is -2.44. The normalized spacial score (nSPS) is 25.9. The average molecular weight is 236 g/mol. The molecule has 0 radical (unpaired) electrons. The number of nitrogens with two attached hydrogens (primary N) is 1. The molecule has 17 heavy (non-hydrogen) atoms. The summed E-state index contributed by atoms with van der Waals surface area (Å²) in [6, 6.07) is 2.27. The van der Waals surface area contributed by atoms with Crippen molar-refractivity contribution in [3.05, 3.63) is 0 Å². The minimum Gasteiger partial charge on any atom is -0.379 e. The van der Waals surface area contributed by atoms with Gasteiger partial charge in [0, 0.05) is 17.4 Å². The molecule has 2 aliphatic carbocycles. The molecule has 2 N–H and O–H groups in total. The van der Waals surface area contributed by atoms with Crippen LogP contribution in [0.2, 0.25) is 0 Å². The number of nitriles is 1. The van der Waals surface area contributed by atoms with Gasteiger partial charge in [0.1, 0.15) is 0 Å². The number of hydrogen-bond donors (Lipinski definition) is 1. The maximum Gasteiger partial charge on any atom is 0.0646 e. The second-order valence-electron chi connectivity index (χ2n) is 6.10. The lowest BCUT2D eigenvalue weighted by molar-refractivity contribution is 0.0482. The largest absolute Gasteiger partial charge is 0.379 e. The van der Waals surface area contributed by atoms with Gasteiger partial charge < -0.3 is 10.5 Å². The molecule has 2 fully saturated rings. The Morgan fingerprint density at radius 1 is 1.00 bits per heavy atom. The summed E-state index contributed by atoms with van der Waals surface area (Å²) in [6.45, 7) is 1.42. The van der Waals surface area contributed by atoms with Crippen LogP contribution in [0.25, 0.3) is 0 Å². The van der Waals surface area contributed by atoms with Crippen molar-refractivity contribution in [3.63, 3.8) is 0 Å². The molecule has 0 heterocycles. The Morgan fingerprint density at radius 3 is 2.18 bits per heavy atom. The van der Waals surface area contributed by atoms with Crippen molar-refractivity contribution in [2.45, 2.75) is 63.3 Å². The molecular weight excluding hydrogens is 212 g/mol. The standard InChI is InChI=1S/C14H24N2O/c15-10-9-13(7-8-13)11-17-12-14(16)5-3-1-2-4-6-14/h1-9,11-12,16H2. The van der Waals surface area contributed by atoms with Crippen LogP contribution in [-0.4, -0.2) is 18.8 Å². The van der Waals surface area contributed by atoms with Crippen molar-refractivity contribution in [1.29, 1.82) is 5.26 Å². The second-order valence-corrected chi connectivity index (χ2v) is 6.10. The van der Waals surface area contributed by atoms with Crippen LogP contribution in [0.1, 0.15) is 57.8 Å². The highest BCUT2D eigenvalue weighted by molar-refractivity contribution is 4.99. The van der Waals surface area contributed by atoms with E-state index < -0.39 is 0 Å². The summed E-state index contributed by atoms with van der Waals surface area (Å²) in [7, 11) is 0. The zero-order valence-corrected chi connectivity index (χ0v) is 10.7. The van der Waals surface area contributed by atoms with Gasteiger partial charge in [-0.2, -0.15) is 5.26 Å². The van der Waals surface area contributed by atoms with Crippen LogP contribution in [0.15, 0.2) is 0 Å². The van der Waals surface area contributed by atoms with E-state index in [1.165, 1.54) is 25.7 Å². The highest BCUT2D eigenvalue weighted by Gasteiger charge is 2.43. The molecule has 0 unspecified atom stereocenters. The average Bonchev–Trinajstić information content (AvgIpc) is 3.06. The van der Waals surface area contributed by atoms with Gasteiger partial charge in [0.25, 0.3) is 0 Å². The first-order chi connectivity index (χ1) is 8.18. The monoisotopic (exact) mass is 236 g/mol. The number of hydrogen-bond acceptors (Lipinski definition) is 3. The van der Waals surface area contributed by atoms with Crippen molar-refractivity contribution in [1.82, 2.24) is 0 Å². The molecule has 3 heteroatoms. The van der Waals surface area contributed by atoms with Gasteiger partial charge in [-0.15, -0.1) is 0 Å². The van der Waals surface area contributed by atoms with E-state index in [2.05, 4.69) is 6.07 Å². The lowest BCUT2D eigenvalue weighted by Gasteiger charge is -2.28. The second kappa shape index (κ2) is 5.37. The number of rotatable bonds is 5. The Morgan fingerprint density at radius 2 is 1.65 bits per heavy atom. The number of ether oxygens (including phenoxy) is 1. The highest BCUT2D eigenvalue weighted by Crippen LogP contribution is 2.48. The fraction of sp³-hybridized carbons (Fsp3) is 0.929. The first-order valence-corrected chi connectivity index (χ1v) is 6.92. The first kappa shape index (κ1) is 12.9. The van der Waals surface area contributed by atoms with Gasteiger partial charge in [-0.05, 0) is 25.7 Å². The Hall–Kier alpha value is -0.590. The van der Waals surface area contributed by atoms with Crippen molar-refractivity contribution < 1.29 is 4.74 Å². The SMILES string of the molecule is N#CCC1(COCC2(N)CCCCCC2)CC1. The van der Waals surface area contributed by atoms with Gasteiger partial charge in [0.2, 0.25) is 0 Å². The Bertz CT molecular complexity index is 283. The lowest BCUT2D eigenvalue weighted by atomic mass is 9.92. The fourth-order valence-corrected chi connectivity index (χ4v) is 2.76. The van der Waals surface area contributed by atoms with E-state index in [1.807, 2.05) is 0 Å². The molecule has 3 nitrogen and oxygen atoms in total. The van der Waals surface area contributed by atoms with Crippen LogP contribution in [0.5, 0.6) is 0 Å². The molecule has 2 aliphatic rings. The van der Waals surface area contributed by atoms with E-state index in [0.717, 1.165) is 32.3 Å². The summed E-state index contributed by atoms with van der Waals surface area (Å²) >= 11 is 0. The zero-order chi connectivity index (χ0) is 12.2. The quantitative estimate of drug-likeness (QED) is 0.747. The van der Waals surface area contributed by atoms with E-state index in [0.29, 0.717) is 13.0 Å². The maximum atomic E-state index is 8.75. The van der Waals surface area contributed by atoms with E-state index in [4.69, 9.17) is 15.7 Å². The molecule has 0 aromatic rings. The van der Waals surface area contributed by atoms with Crippen molar-refractivity contribution in [3.8, 4) is 6.07 Å². The first-order valence-electron chi connectivity index (χ1n) is 6.92. The van der Waals surface area contributed by atoms with Gasteiger partial charge in [0.15, 0.2) is 0 Å². The molecule has 96 valence electrons. The molecule has 0 aliphatic heterocycles. The molecule has 2 rings (SSSR count). The predicted molar refractivity (Wildman–Crippen MR) is 67.3 cm³/mol. The number of nitrogens with zero attached hydrogens (tertiary/aromatic N) is 1. The molecule has 0 spiro atoms. The summed E-state index contributed by atoms with van der Waals surface area (Å²) in [5.41, 5.74) is 6.49. The summed E-state index contributed by atoms with van der Waals surface area (Å²) in [5, 5.41) is 8.75.